The maximum absolute atomic E-state index is 12.4. The maximum atomic E-state index is 12.4. The molecule has 0 aliphatic carbocycles. The minimum absolute atomic E-state index is 0.134. The Morgan fingerprint density at radius 1 is 1.12 bits per heavy atom. The van der Waals surface area contributed by atoms with Gasteiger partial charge in [-0.15, -0.1) is 0 Å². The van der Waals surface area contributed by atoms with Crippen molar-refractivity contribution in [3.8, 4) is 5.75 Å². The van der Waals surface area contributed by atoms with Crippen molar-refractivity contribution in [3.05, 3.63) is 60.2 Å². The Morgan fingerprint density at radius 2 is 1.88 bits per heavy atom. The number of carbonyl (C=O) groups excluding carboxylic acids is 2. The van der Waals surface area contributed by atoms with Crippen molar-refractivity contribution in [1.82, 2.24) is 24.9 Å². The van der Waals surface area contributed by atoms with E-state index in [1.165, 1.54) is 16.4 Å². The zero-order chi connectivity index (χ0) is 18.5. The Labute approximate surface area is 149 Å². The van der Waals surface area contributed by atoms with Gasteiger partial charge in [0.1, 0.15) is 5.75 Å². The second kappa shape index (κ2) is 7.51. The Balaban J connectivity index is 1.66. The van der Waals surface area contributed by atoms with E-state index in [1.807, 2.05) is 30.3 Å². The van der Waals surface area contributed by atoms with E-state index in [1.54, 1.807) is 25.5 Å². The number of para-hydroxylation sites is 1. The smallest absolute Gasteiger partial charge is 0.276 e. The highest BCUT2D eigenvalue weighted by Gasteiger charge is 2.18. The summed E-state index contributed by atoms with van der Waals surface area (Å²) in [7, 11) is 3.16. The van der Waals surface area contributed by atoms with Crippen LogP contribution in [0.25, 0.3) is 0 Å². The number of hydrogen-bond acceptors (Lipinski definition) is 5. The van der Waals surface area contributed by atoms with Crippen molar-refractivity contribution >= 4 is 17.5 Å². The Kier molecular flexibility index (Phi) is 4.97. The third-order valence-electron chi connectivity index (χ3n) is 3.50. The third kappa shape index (κ3) is 3.89. The van der Waals surface area contributed by atoms with Gasteiger partial charge >= 0.3 is 0 Å². The van der Waals surface area contributed by atoms with Crippen molar-refractivity contribution in [2.24, 2.45) is 7.05 Å². The molecule has 9 nitrogen and oxygen atoms in total. The number of amides is 2. The van der Waals surface area contributed by atoms with Crippen LogP contribution in [0.2, 0.25) is 0 Å². The fourth-order valence-electron chi connectivity index (χ4n) is 2.26. The Morgan fingerprint density at radius 3 is 2.62 bits per heavy atom. The molecule has 2 amide bonds. The number of carbonyl (C=O) groups is 2. The summed E-state index contributed by atoms with van der Waals surface area (Å²) in [4.78, 5) is 24.2. The van der Waals surface area contributed by atoms with Crippen LogP contribution in [0.15, 0.2) is 48.8 Å². The van der Waals surface area contributed by atoms with Gasteiger partial charge in [0.15, 0.2) is 18.1 Å². The van der Waals surface area contributed by atoms with Gasteiger partial charge in [-0.3, -0.25) is 14.3 Å². The maximum Gasteiger partial charge on any atom is 0.276 e. The molecule has 0 saturated heterocycles. The number of aryl methyl sites for hydroxylation is 1. The van der Waals surface area contributed by atoms with Crippen molar-refractivity contribution in [3.63, 3.8) is 0 Å². The van der Waals surface area contributed by atoms with Gasteiger partial charge in [-0.1, -0.05) is 18.2 Å². The zero-order valence-electron chi connectivity index (χ0n) is 14.3. The van der Waals surface area contributed by atoms with Crippen LogP contribution >= 0.6 is 0 Å². The monoisotopic (exact) mass is 354 g/mol. The predicted octanol–water partition coefficient (Wildman–Crippen LogP) is 1.26. The highest BCUT2D eigenvalue weighted by atomic mass is 16.5. The quantitative estimate of drug-likeness (QED) is 0.694. The lowest BCUT2D eigenvalue weighted by Gasteiger charge is -2.05. The summed E-state index contributed by atoms with van der Waals surface area (Å²) in [6.45, 7) is 0.174. The minimum atomic E-state index is -0.443. The first-order valence-corrected chi connectivity index (χ1v) is 7.85. The van der Waals surface area contributed by atoms with Crippen LogP contribution in [-0.2, 0) is 13.8 Å². The minimum Gasteiger partial charge on any atom is -0.471 e. The van der Waals surface area contributed by atoms with Crippen LogP contribution in [0.4, 0.5) is 5.69 Å². The number of ether oxygens (including phenoxy) is 1. The molecule has 2 N–H and O–H groups in total. The third-order valence-corrected chi connectivity index (χ3v) is 3.50. The van der Waals surface area contributed by atoms with E-state index in [-0.39, 0.29) is 24.0 Å². The van der Waals surface area contributed by atoms with E-state index >= 15 is 0 Å². The predicted molar refractivity (Wildman–Crippen MR) is 93.8 cm³/mol. The van der Waals surface area contributed by atoms with Crippen molar-refractivity contribution < 1.29 is 14.3 Å². The zero-order valence-corrected chi connectivity index (χ0v) is 14.3. The van der Waals surface area contributed by atoms with Crippen molar-refractivity contribution in [2.45, 2.75) is 6.73 Å². The van der Waals surface area contributed by atoms with Gasteiger partial charge in [0.05, 0.1) is 5.69 Å². The molecule has 0 fully saturated rings. The molecule has 0 unspecified atom stereocenters. The lowest BCUT2D eigenvalue weighted by molar-refractivity contribution is 0.0958. The first-order valence-electron chi connectivity index (χ1n) is 7.85. The van der Waals surface area contributed by atoms with E-state index < -0.39 is 5.91 Å². The summed E-state index contributed by atoms with van der Waals surface area (Å²) in [6.07, 6.45) is 3.19. The molecule has 0 atom stereocenters. The summed E-state index contributed by atoms with van der Waals surface area (Å²) in [5.74, 6) is -0.121. The van der Waals surface area contributed by atoms with Gasteiger partial charge in [-0.25, -0.2) is 4.68 Å². The topological polar surface area (TPSA) is 103 Å². The van der Waals surface area contributed by atoms with Gasteiger partial charge in [-0.2, -0.15) is 10.2 Å². The summed E-state index contributed by atoms with van der Waals surface area (Å²) in [6, 6.07) is 10.9. The van der Waals surface area contributed by atoms with Crippen LogP contribution in [0.3, 0.4) is 0 Å². The van der Waals surface area contributed by atoms with Crippen LogP contribution < -0.4 is 15.4 Å². The number of anilines is 1. The van der Waals surface area contributed by atoms with E-state index in [2.05, 4.69) is 20.8 Å². The highest BCUT2D eigenvalue weighted by Crippen LogP contribution is 2.14. The molecule has 0 bridgehead atoms. The second-order valence-corrected chi connectivity index (χ2v) is 5.43. The molecule has 0 aliphatic rings. The van der Waals surface area contributed by atoms with Crippen molar-refractivity contribution in [2.75, 3.05) is 12.4 Å². The molecular formula is C17H18N6O3. The summed E-state index contributed by atoms with van der Waals surface area (Å²) in [5, 5.41) is 13.3. The summed E-state index contributed by atoms with van der Waals surface area (Å²) >= 11 is 0. The van der Waals surface area contributed by atoms with Gasteiger partial charge in [0.25, 0.3) is 11.8 Å². The molecule has 3 aromatic rings. The Hall–Kier alpha value is -3.62. The standard InChI is InChI=1S/C17H18N6O3/c1-18-17(25)15-14(10-22(2)21-15)19-16(24)13-8-9-23(20-13)11-26-12-6-4-3-5-7-12/h3-10H,11H2,1-2H3,(H,18,25)(H,19,24). The van der Waals surface area contributed by atoms with E-state index in [0.717, 1.165) is 0 Å². The average Bonchev–Trinajstić information content (AvgIpc) is 3.27. The van der Waals surface area contributed by atoms with E-state index in [0.29, 0.717) is 11.4 Å². The van der Waals surface area contributed by atoms with Gasteiger partial charge in [-0.05, 0) is 18.2 Å². The SMILES string of the molecule is CNC(=O)c1nn(C)cc1NC(=O)c1ccn(COc2ccccc2)n1. The van der Waals surface area contributed by atoms with Crippen molar-refractivity contribution in [1.29, 1.82) is 0 Å². The molecule has 0 spiro atoms. The number of rotatable bonds is 6. The van der Waals surface area contributed by atoms with Crippen LogP contribution in [-0.4, -0.2) is 38.4 Å². The first-order chi connectivity index (χ1) is 12.6. The van der Waals surface area contributed by atoms with E-state index in [9.17, 15) is 9.59 Å². The normalized spacial score (nSPS) is 10.4. The van der Waals surface area contributed by atoms with Gasteiger partial charge < -0.3 is 15.4 Å². The van der Waals surface area contributed by atoms with Crippen LogP contribution in [0, 0.1) is 0 Å². The number of benzene rings is 1. The summed E-state index contributed by atoms with van der Waals surface area (Å²) in [5.41, 5.74) is 0.649. The number of nitrogens with one attached hydrogen (secondary N) is 2. The second-order valence-electron chi connectivity index (χ2n) is 5.43. The number of aromatic nitrogens is 4. The molecule has 3 rings (SSSR count). The molecule has 2 heterocycles. The molecule has 9 heteroatoms. The Bertz CT molecular complexity index is 916. The molecule has 134 valence electrons. The molecule has 0 saturated carbocycles. The number of hydrogen-bond donors (Lipinski definition) is 2. The molecule has 2 aromatic heterocycles. The van der Waals surface area contributed by atoms with Crippen LogP contribution in [0.5, 0.6) is 5.75 Å². The number of nitrogens with zero attached hydrogens (tertiary/aromatic N) is 4. The molecule has 1 aromatic carbocycles. The molecule has 26 heavy (non-hydrogen) atoms. The largest absolute Gasteiger partial charge is 0.471 e. The summed E-state index contributed by atoms with van der Waals surface area (Å²) < 4.78 is 8.53. The fourth-order valence-corrected chi connectivity index (χ4v) is 2.26. The highest BCUT2D eigenvalue weighted by molar-refractivity contribution is 6.07. The van der Waals surface area contributed by atoms with Gasteiger partial charge in [0.2, 0.25) is 0 Å². The van der Waals surface area contributed by atoms with E-state index in [4.69, 9.17) is 4.74 Å². The lowest BCUT2D eigenvalue weighted by Crippen LogP contribution is -2.21. The van der Waals surface area contributed by atoms with Crippen LogP contribution in [0.1, 0.15) is 21.0 Å². The molecular weight excluding hydrogens is 336 g/mol. The molecule has 0 aliphatic heterocycles. The van der Waals surface area contributed by atoms with Gasteiger partial charge in [0, 0.05) is 26.5 Å². The average molecular weight is 354 g/mol. The molecule has 0 radical (unpaired) electrons. The lowest BCUT2D eigenvalue weighted by atomic mass is 10.3. The fraction of sp³-hybridized carbons (Fsp3) is 0.176. The first kappa shape index (κ1) is 17.2.